The highest BCUT2D eigenvalue weighted by Gasteiger charge is 2.40. The number of benzene rings is 2. The van der Waals surface area contributed by atoms with Crippen LogP contribution in [-0.4, -0.2) is 60.5 Å². The van der Waals surface area contributed by atoms with Gasteiger partial charge in [-0.3, -0.25) is 9.69 Å². The van der Waals surface area contributed by atoms with Gasteiger partial charge in [0.25, 0.3) is 5.91 Å². The number of rotatable bonds is 4. The number of piperazine rings is 1. The lowest BCUT2D eigenvalue weighted by atomic mass is 9.90. The molecule has 1 N–H and O–H groups in total. The van der Waals surface area contributed by atoms with E-state index >= 15 is 0 Å². The fourth-order valence-corrected chi connectivity index (χ4v) is 5.00. The van der Waals surface area contributed by atoms with Crippen molar-refractivity contribution in [2.45, 2.75) is 43.7 Å². The highest BCUT2D eigenvalue weighted by atomic mass is 19.4. The third-order valence-corrected chi connectivity index (χ3v) is 6.77. The van der Waals surface area contributed by atoms with Gasteiger partial charge in [-0.15, -0.1) is 0 Å². The smallest absolute Gasteiger partial charge is 0.335 e. The summed E-state index contributed by atoms with van der Waals surface area (Å²) in [5, 5.41) is 3.30. The van der Waals surface area contributed by atoms with Gasteiger partial charge in [-0.1, -0.05) is 30.3 Å². The first-order chi connectivity index (χ1) is 16.5. The van der Waals surface area contributed by atoms with E-state index in [0.29, 0.717) is 31.4 Å². The average Bonchev–Trinajstić information content (AvgIpc) is 2.83. The molecule has 0 unspecified atom stereocenters. The molecule has 4 nitrogen and oxygen atoms in total. The quantitative estimate of drug-likeness (QED) is 0.612. The Labute approximate surface area is 199 Å². The van der Waals surface area contributed by atoms with Crippen LogP contribution < -0.4 is 5.32 Å². The van der Waals surface area contributed by atoms with E-state index in [1.807, 2.05) is 30.3 Å². The molecule has 1 amide bonds. The second kappa shape index (κ2) is 10.2. The van der Waals surface area contributed by atoms with Crippen LogP contribution in [0.4, 0.5) is 26.3 Å². The summed E-state index contributed by atoms with van der Waals surface area (Å²) in [5.41, 5.74) is -2.60. The molecule has 2 atom stereocenters. The Kier molecular flexibility index (Phi) is 7.42. The van der Waals surface area contributed by atoms with Crippen LogP contribution in [0.3, 0.4) is 0 Å². The molecule has 2 aliphatic heterocycles. The van der Waals surface area contributed by atoms with Crippen LogP contribution in [0.2, 0.25) is 0 Å². The van der Waals surface area contributed by atoms with E-state index in [4.69, 9.17) is 0 Å². The van der Waals surface area contributed by atoms with E-state index in [9.17, 15) is 31.1 Å². The Morgan fingerprint density at radius 2 is 1.49 bits per heavy atom. The Balaban J connectivity index is 1.65. The molecule has 2 fully saturated rings. The molecule has 2 saturated heterocycles. The predicted molar refractivity (Wildman–Crippen MR) is 119 cm³/mol. The van der Waals surface area contributed by atoms with Crippen LogP contribution in [0.25, 0.3) is 0 Å². The maximum atomic E-state index is 13.4. The first-order valence-electron chi connectivity index (χ1n) is 11.6. The van der Waals surface area contributed by atoms with Crippen LogP contribution in [0, 0.1) is 0 Å². The number of alkyl halides is 6. The number of nitrogens with one attached hydrogen (secondary N) is 1. The van der Waals surface area contributed by atoms with E-state index in [1.54, 1.807) is 0 Å². The van der Waals surface area contributed by atoms with Crippen molar-refractivity contribution in [2.24, 2.45) is 0 Å². The molecule has 2 aliphatic rings. The zero-order valence-corrected chi connectivity index (χ0v) is 19.0. The summed E-state index contributed by atoms with van der Waals surface area (Å²) < 4.78 is 80.2. The van der Waals surface area contributed by atoms with E-state index in [0.717, 1.165) is 31.7 Å². The maximum Gasteiger partial charge on any atom is 0.416 e. The highest BCUT2D eigenvalue weighted by molar-refractivity contribution is 5.95. The molecule has 0 aliphatic carbocycles. The van der Waals surface area contributed by atoms with Gasteiger partial charge in [0.1, 0.15) is 0 Å². The van der Waals surface area contributed by atoms with Crippen LogP contribution in [0.15, 0.2) is 48.5 Å². The van der Waals surface area contributed by atoms with Gasteiger partial charge in [-0.05, 0) is 43.0 Å². The van der Waals surface area contributed by atoms with Gasteiger partial charge in [0.2, 0.25) is 0 Å². The lowest BCUT2D eigenvalue weighted by Crippen LogP contribution is -2.56. The summed E-state index contributed by atoms with van der Waals surface area (Å²) in [7, 11) is 0. The second-order valence-corrected chi connectivity index (χ2v) is 9.10. The number of amides is 1. The molecular formula is C25H27F6N3O. The van der Waals surface area contributed by atoms with Crippen LogP contribution in [0.5, 0.6) is 0 Å². The topological polar surface area (TPSA) is 35.6 Å². The van der Waals surface area contributed by atoms with Crippen molar-refractivity contribution >= 4 is 5.91 Å². The maximum absolute atomic E-state index is 13.4. The average molecular weight is 499 g/mol. The van der Waals surface area contributed by atoms with E-state index in [1.165, 1.54) is 4.90 Å². The van der Waals surface area contributed by atoms with Gasteiger partial charge < -0.3 is 10.2 Å². The lowest BCUT2D eigenvalue weighted by Gasteiger charge is -2.45. The predicted octanol–water partition coefficient (Wildman–Crippen LogP) is 4.85. The summed E-state index contributed by atoms with van der Waals surface area (Å²) in [6.07, 6.45) is -8.32. The number of hydrogen-bond acceptors (Lipinski definition) is 3. The largest absolute Gasteiger partial charge is 0.416 e. The van der Waals surface area contributed by atoms with Crippen LogP contribution in [-0.2, 0) is 18.8 Å². The van der Waals surface area contributed by atoms with E-state index in [-0.39, 0.29) is 24.7 Å². The zero-order valence-electron chi connectivity index (χ0n) is 19.0. The molecule has 0 spiro atoms. The van der Waals surface area contributed by atoms with Crippen LogP contribution >= 0.6 is 0 Å². The Morgan fingerprint density at radius 1 is 0.886 bits per heavy atom. The summed E-state index contributed by atoms with van der Waals surface area (Å²) in [4.78, 5) is 17.2. The van der Waals surface area contributed by atoms with Crippen molar-refractivity contribution in [1.82, 2.24) is 15.1 Å². The monoisotopic (exact) mass is 499 g/mol. The molecule has 4 rings (SSSR count). The van der Waals surface area contributed by atoms with Gasteiger partial charge in [-0.2, -0.15) is 26.3 Å². The molecule has 0 bridgehead atoms. The third-order valence-electron chi connectivity index (χ3n) is 6.77. The molecule has 0 radical (unpaired) electrons. The molecule has 190 valence electrons. The zero-order chi connectivity index (χ0) is 25.2. The fraction of sp³-hybridized carbons (Fsp3) is 0.480. The number of carbonyl (C=O) groups excluding carboxylic acids is 1. The lowest BCUT2D eigenvalue weighted by molar-refractivity contribution is -0.143. The molecule has 10 heteroatoms. The van der Waals surface area contributed by atoms with Crippen molar-refractivity contribution in [1.29, 1.82) is 0 Å². The molecular weight excluding hydrogens is 472 g/mol. The minimum absolute atomic E-state index is 0.0505. The third kappa shape index (κ3) is 6.16. The van der Waals surface area contributed by atoms with Gasteiger partial charge in [0, 0.05) is 50.4 Å². The number of hydrogen-bond donors (Lipinski definition) is 1. The Morgan fingerprint density at radius 3 is 2.06 bits per heavy atom. The Hall–Kier alpha value is -2.59. The van der Waals surface area contributed by atoms with Crippen molar-refractivity contribution in [2.75, 3.05) is 32.7 Å². The number of halogens is 6. The number of piperidine rings is 1. The standard InChI is InChI=1S/C25H27F6N3O/c26-24(27,28)19-13-18(14-20(15-19)25(29,30)31)23(35)34-9-6-21(33-10-7-32-8-11-33)16-22(34)12-17-4-2-1-3-5-17/h1-5,13-15,21-22,32H,6-12,16H2/t21-,22+/m1/s1. The number of likely N-dealkylation sites (tertiary alicyclic amines) is 1. The molecule has 0 aromatic heterocycles. The van der Waals surface area contributed by atoms with E-state index in [2.05, 4.69) is 10.2 Å². The van der Waals surface area contributed by atoms with Crippen molar-refractivity contribution in [3.8, 4) is 0 Å². The minimum Gasteiger partial charge on any atom is -0.335 e. The van der Waals surface area contributed by atoms with Gasteiger partial charge >= 0.3 is 12.4 Å². The van der Waals surface area contributed by atoms with Gasteiger partial charge in [-0.25, -0.2) is 0 Å². The summed E-state index contributed by atoms with van der Waals surface area (Å²) in [5.74, 6) is -0.804. The summed E-state index contributed by atoms with van der Waals surface area (Å²) in [6.45, 7) is 3.70. The molecule has 35 heavy (non-hydrogen) atoms. The normalized spacial score (nSPS) is 22.3. The van der Waals surface area contributed by atoms with Gasteiger partial charge in [0.15, 0.2) is 0 Å². The number of nitrogens with zero attached hydrogens (tertiary/aromatic N) is 2. The minimum atomic E-state index is -5.00. The first-order valence-corrected chi connectivity index (χ1v) is 11.6. The highest BCUT2D eigenvalue weighted by Crippen LogP contribution is 2.37. The molecule has 2 aromatic rings. The second-order valence-electron chi connectivity index (χ2n) is 9.10. The SMILES string of the molecule is O=C(c1cc(C(F)(F)F)cc(C(F)(F)F)c1)N1CC[C@@H](N2CCNCC2)C[C@@H]1Cc1ccccc1. The Bertz CT molecular complexity index is 986. The summed E-state index contributed by atoms with van der Waals surface area (Å²) >= 11 is 0. The van der Waals surface area contributed by atoms with Crippen LogP contribution in [0.1, 0.15) is 39.9 Å². The van der Waals surface area contributed by atoms with Crippen molar-refractivity contribution < 1.29 is 31.1 Å². The number of carbonyl (C=O) groups is 1. The molecule has 2 aromatic carbocycles. The fourth-order valence-electron chi connectivity index (χ4n) is 5.00. The summed E-state index contributed by atoms with van der Waals surface area (Å²) in [6, 6.07) is 10.4. The van der Waals surface area contributed by atoms with Gasteiger partial charge in [0.05, 0.1) is 11.1 Å². The first kappa shape index (κ1) is 25.5. The van der Waals surface area contributed by atoms with Crippen molar-refractivity contribution in [3.05, 3.63) is 70.8 Å². The van der Waals surface area contributed by atoms with E-state index < -0.39 is 35.0 Å². The molecule has 0 saturated carbocycles. The van der Waals surface area contributed by atoms with Crippen molar-refractivity contribution in [3.63, 3.8) is 0 Å². The molecule has 2 heterocycles.